The zero-order chi connectivity index (χ0) is 14.9. The lowest BCUT2D eigenvalue weighted by Gasteiger charge is -2.14. The molecule has 0 aromatic heterocycles. The highest BCUT2D eigenvalue weighted by atomic mass is 79.9. The Balaban J connectivity index is 2.48. The van der Waals surface area contributed by atoms with Gasteiger partial charge in [0.25, 0.3) is 0 Å². The lowest BCUT2D eigenvalue weighted by molar-refractivity contribution is 0.627. The molecule has 104 valence electrons. The highest BCUT2D eigenvalue weighted by molar-refractivity contribution is 9.10. The molecule has 0 saturated carbocycles. The van der Waals surface area contributed by atoms with Gasteiger partial charge in [-0.1, -0.05) is 35.4 Å². The van der Waals surface area contributed by atoms with E-state index in [1.54, 1.807) is 0 Å². The van der Waals surface area contributed by atoms with Gasteiger partial charge >= 0.3 is 0 Å². The monoisotopic (exact) mass is 372 g/mol. The molecule has 0 aliphatic carbocycles. The predicted octanol–water partition coefficient (Wildman–Crippen LogP) is 4.93. The van der Waals surface area contributed by atoms with E-state index in [9.17, 15) is 4.39 Å². The van der Waals surface area contributed by atoms with Crippen LogP contribution in [0.3, 0.4) is 0 Å². The average molecular weight is 374 g/mol. The molecular weight excluding hydrogens is 363 g/mol. The maximum atomic E-state index is 13.2. The zero-order valence-corrected chi connectivity index (χ0v) is 13.7. The Morgan fingerprint density at radius 3 is 2.65 bits per heavy atom. The van der Waals surface area contributed by atoms with E-state index in [-0.39, 0.29) is 10.0 Å². The van der Waals surface area contributed by atoms with Crippen LogP contribution in [0.15, 0.2) is 34.8 Å². The van der Waals surface area contributed by atoms with E-state index in [0.29, 0.717) is 15.7 Å². The molecular formula is C14H11BrClFN2S. The van der Waals surface area contributed by atoms with Gasteiger partial charge in [-0.25, -0.2) is 4.39 Å². The van der Waals surface area contributed by atoms with Gasteiger partial charge in [0.05, 0.1) is 10.7 Å². The molecule has 0 amide bonds. The summed E-state index contributed by atoms with van der Waals surface area (Å²) in [4.78, 5) is 0.283. The molecule has 0 heterocycles. The highest BCUT2D eigenvalue weighted by Gasteiger charge is 2.12. The van der Waals surface area contributed by atoms with E-state index in [1.165, 1.54) is 12.1 Å². The summed E-state index contributed by atoms with van der Waals surface area (Å²) in [5.74, 6) is -0.411. The molecule has 2 aromatic rings. The Morgan fingerprint density at radius 1 is 1.35 bits per heavy atom. The quantitative estimate of drug-likeness (QED) is 0.749. The maximum Gasteiger partial charge on any atom is 0.125 e. The zero-order valence-electron chi connectivity index (χ0n) is 10.5. The smallest absolute Gasteiger partial charge is 0.125 e. The van der Waals surface area contributed by atoms with Crippen LogP contribution in [-0.2, 0) is 0 Å². The number of rotatable bonds is 3. The molecule has 0 bridgehead atoms. The molecule has 0 fully saturated rings. The molecule has 2 rings (SSSR count). The maximum absolute atomic E-state index is 13.2. The molecule has 2 nitrogen and oxygen atoms in total. The molecule has 0 aliphatic rings. The van der Waals surface area contributed by atoms with E-state index >= 15 is 0 Å². The largest absolute Gasteiger partial charge is 0.389 e. The summed E-state index contributed by atoms with van der Waals surface area (Å²) >= 11 is 14.4. The second-order valence-corrected chi connectivity index (χ2v) is 5.98. The van der Waals surface area contributed by atoms with Gasteiger partial charge < -0.3 is 11.1 Å². The fourth-order valence-electron chi connectivity index (χ4n) is 1.77. The summed E-state index contributed by atoms with van der Waals surface area (Å²) in [6.07, 6.45) is 0. The Kier molecular flexibility index (Phi) is 4.62. The van der Waals surface area contributed by atoms with Crippen molar-refractivity contribution in [3.8, 4) is 0 Å². The standard InChI is InChI=1S/C14H11BrClFN2S/c1-7-2-3-12(9(4-7)14(18)20)19-13-10(15)5-8(17)6-11(13)16/h2-6,19H,1H3,(H2,18,20). The summed E-state index contributed by atoms with van der Waals surface area (Å²) in [7, 11) is 0. The number of hydrogen-bond acceptors (Lipinski definition) is 2. The van der Waals surface area contributed by atoms with E-state index < -0.39 is 5.82 Å². The summed E-state index contributed by atoms with van der Waals surface area (Å²) in [5.41, 5.74) is 8.77. The Bertz CT molecular complexity index is 668. The fourth-order valence-corrected chi connectivity index (χ4v) is 2.83. The minimum Gasteiger partial charge on any atom is -0.389 e. The number of anilines is 2. The van der Waals surface area contributed by atoms with Crippen LogP contribution in [0, 0.1) is 12.7 Å². The van der Waals surface area contributed by atoms with Crippen molar-refractivity contribution in [2.75, 3.05) is 5.32 Å². The van der Waals surface area contributed by atoms with E-state index in [1.807, 2.05) is 25.1 Å². The van der Waals surface area contributed by atoms with Gasteiger partial charge in [0.2, 0.25) is 0 Å². The van der Waals surface area contributed by atoms with Crippen molar-refractivity contribution in [3.63, 3.8) is 0 Å². The molecule has 0 saturated heterocycles. The second kappa shape index (κ2) is 6.08. The first-order chi connectivity index (χ1) is 9.38. The van der Waals surface area contributed by atoms with Gasteiger partial charge in [-0.15, -0.1) is 0 Å². The second-order valence-electron chi connectivity index (χ2n) is 4.28. The molecule has 3 N–H and O–H groups in total. The van der Waals surface area contributed by atoms with Crippen molar-refractivity contribution in [1.82, 2.24) is 0 Å². The van der Waals surface area contributed by atoms with Crippen LogP contribution in [0.4, 0.5) is 15.8 Å². The lowest BCUT2D eigenvalue weighted by atomic mass is 10.1. The van der Waals surface area contributed by atoms with Crippen LogP contribution in [0.1, 0.15) is 11.1 Å². The number of aryl methyl sites for hydroxylation is 1. The van der Waals surface area contributed by atoms with Gasteiger partial charge in [-0.3, -0.25) is 0 Å². The number of hydrogen-bond donors (Lipinski definition) is 2. The number of nitrogens with one attached hydrogen (secondary N) is 1. The SMILES string of the molecule is Cc1ccc(Nc2c(Cl)cc(F)cc2Br)c(C(N)=S)c1. The first-order valence-electron chi connectivity index (χ1n) is 5.70. The van der Waals surface area contributed by atoms with Gasteiger partial charge in [0.15, 0.2) is 0 Å². The number of halogens is 3. The third kappa shape index (κ3) is 3.29. The van der Waals surface area contributed by atoms with Crippen molar-refractivity contribution in [2.24, 2.45) is 5.73 Å². The highest BCUT2D eigenvalue weighted by Crippen LogP contribution is 2.35. The minimum atomic E-state index is -0.411. The van der Waals surface area contributed by atoms with Crippen molar-refractivity contribution in [3.05, 3.63) is 56.8 Å². The number of benzene rings is 2. The average Bonchev–Trinajstić information content (AvgIpc) is 2.34. The molecule has 20 heavy (non-hydrogen) atoms. The van der Waals surface area contributed by atoms with Crippen LogP contribution in [0.2, 0.25) is 5.02 Å². The molecule has 0 atom stereocenters. The first kappa shape index (κ1) is 15.2. The summed E-state index contributed by atoms with van der Waals surface area (Å²) in [5, 5.41) is 3.40. The van der Waals surface area contributed by atoms with Crippen molar-refractivity contribution in [2.45, 2.75) is 6.92 Å². The van der Waals surface area contributed by atoms with Gasteiger partial charge in [0.1, 0.15) is 10.8 Å². The van der Waals surface area contributed by atoms with Gasteiger partial charge in [-0.05, 0) is 47.1 Å². The van der Waals surface area contributed by atoms with Crippen LogP contribution >= 0.6 is 39.7 Å². The lowest BCUT2D eigenvalue weighted by Crippen LogP contribution is -2.12. The van der Waals surface area contributed by atoms with Crippen LogP contribution in [0.25, 0.3) is 0 Å². The minimum absolute atomic E-state index is 0.270. The van der Waals surface area contributed by atoms with Crippen LogP contribution in [0.5, 0.6) is 0 Å². The van der Waals surface area contributed by atoms with Crippen molar-refractivity contribution < 1.29 is 4.39 Å². The van der Waals surface area contributed by atoms with Gasteiger partial charge in [0, 0.05) is 15.7 Å². The van der Waals surface area contributed by atoms with E-state index in [4.69, 9.17) is 29.6 Å². The normalized spacial score (nSPS) is 10.4. The molecule has 2 aromatic carbocycles. The summed E-state index contributed by atoms with van der Waals surface area (Å²) in [6.45, 7) is 1.95. The Morgan fingerprint density at radius 2 is 2.05 bits per heavy atom. The number of thiocarbonyl (C=S) groups is 1. The Hall–Kier alpha value is -1.17. The molecule has 0 aliphatic heterocycles. The summed E-state index contributed by atoms with van der Waals surface area (Å²) < 4.78 is 13.7. The summed E-state index contributed by atoms with van der Waals surface area (Å²) in [6, 6.07) is 8.24. The number of nitrogens with two attached hydrogens (primary N) is 1. The predicted molar refractivity (Wildman–Crippen MR) is 89.5 cm³/mol. The van der Waals surface area contributed by atoms with Crippen LogP contribution < -0.4 is 11.1 Å². The molecule has 0 spiro atoms. The first-order valence-corrected chi connectivity index (χ1v) is 7.28. The van der Waals surface area contributed by atoms with Crippen molar-refractivity contribution in [1.29, 1.82) is 0 Å². The van der Waals surface area contributed by atoms with Crippen molar-refractivity contribution >= 4 is 56.1 Å². The Labute approximate surface area is 135 Å². The fraction of sp³-hybridized carbons (Fsp3) is 0.0714. The van der Waals surface area contributed by atoms with E-state index in [0.717, 1.165) is 11.3 Å². The van der Waals surface area contributed by atoms with E-state index in [2.05, 4.69) is 21.2 Å². The molecule has 0 unspecified atom stereocenters. The third-order valence-corrected chi connectivity index (χ3v) is 3.85. The molecule has 6 heteroatoms. The van der Waals surface area contributed by atoms with Crippen LogP contribution in [-0.4, -0.2) is 4.99 Å². The molecule has 0 radical (unpaired) electrons. The van der Waals surface area contributed by atoms with Gasteiger partial charge in [-0.2, -0.15) is 0 Å². The third-order valence-electron chi connectivity index (χ3n) is 2.71. The topological polar surface area (TPSA) is 38.0 Å².